The third-order valence-corrected chi connectivity index (χ3v) is 4.07. The number of hydrogen-bond acceptors (Lipinski definition) is 3. The van der Waals surface area contributed by atoms with Gasteiger partial charge in [0.2, 0.25) is 0 Å². The van der Waals surface area contributed by atoms with Gasteiger partial charge in [-0.25, -0.2) is 0 Å². The Hall–Kier alpha value is -1.48. The van der Waals surface area contributed by atoms with E-state index >= 15 is 0 Å². The monoisotopic (exact) mass is 260 g/mol. The van der Waals surface area contributed by atoms with Crippen LogP contribution in [0.15, 0.2) is 35.7 Å². The molecule has 2 nitrogen and oxygen atoms in total. The molecule has 18 heavy (non-hydrogen) atoms. The second kappa shape index (κ2) is 5.44. The molecular weight excluding hydrogens is 240 g/mol. The summed E-state index contributed by atoms with van der Waals surface area (Å²) >= 11 is 1.79. The van der Waals surface area contributed by atoms with Crippen molar-refractivity contribution in [3.63, 3.8) is 0 Å². The molecule has 0 aliphatic heterocycles. The van der Waals surface area contributed by atoms with Crippen LogP contribution in [0.3, 0.4) is 0 Å². The van der Waals surface area contributed by atoms with Gasteiger partial charge in [0.05, 0.1) is 6.04 Å². The molecule has 1 aromatic carbocycles. The summed E-state index contributed by atoms with van der Waals surface area (Å²) in [5.41, 5.74) is 9.01. The first-order valence-corrected chi connectivity index (χ1v) is 7.12. The average Bonchev–Trinajstić information content (AvgIpc) is 2.83. The standard InChI is InChI=1S/C15H20N2S/c1-10(2)15(14-5-4-8-18-14)17-12-7-6-11(3)13(16)9-12/h4-10,15,17H,16H2,1-3H3. The fraction of sp³-hybridized carbons (Fsp3) is 0.333. The lowest BCUT2D eigenvalue weighted by molar-refractivity contribution is 0.554. The quantitative estimate of drug-likeness (QED) is 0.797. The van der Waals surface area contributed by atoms with Crippen molar-refractivity contribution >= 4 is 22.7 Å². The minimum Gasteiger partial charge on any atom is -0.398 e. The molecule has 1 unspecified atom stereocenters. The number of nitrogens with two attached hydrogens (primary N) is 1. The molecule has 2 rings (SSSR count). The lowest BCUT2D eigenvalue weighted by Crippen LogP contribution is -2.15. The average molecular weight is 260 g/mol. The van der Waals surface area contributed by atoms with Crippen LogP contribution in [0, 0.1) is 12.8 Å². The minimum atomic E-state index is 0.340. The van der Waals surface area contributed by atoms with E-state index in [1.165, 1.54) is 4.88 Å². The SMILES string of the molecule is Cc1ccc(NC(c2cccs2)C(C)C)cc1N. The molecule has 0 bridgehead atoms. The molecule has 1 aromatic heterocycles. The number of nitrogens with one attached hydrogen (secondary N) is 1. The molecule has 0 radical (unpaired) electrons. The van der Waals surface area contributed by atoms with Gasteiger partial charge in [-0.2, -0.15) is 0 Å². The number of hydrogen-bond donors (Lipinski definition) is 2. The van der Waals surface area contributed by atoms with Gasteiger partial charge in [-0.15, -0.1) is 11.3 Å². The largest absolute Gasteiger partial charge is 0.398 e. The van der Waals surface area contributed by atoms with Crippen molar-refractivity contribution < 1.29 is 0 Å². The third kappa shape index (κ3) is 2.85. The predicted molar refractivity (Wildman–Crippen MR) is 81.1 cm³/mol. The molecule has 3 N–H and O–H groups in total. The normalized spacial score (nSPS) is 12.7. The molecule has 0 saturated carbocycles. The summed E-state index contributed by atoms with van der Waals surface area (Å²) in [6.45, 7) is 6.49. The highest BCUT2D eigenvalue weighted by Crippen LogP contribution is 2.30. The number of nitrogen functional groups attached to an aromatic ring is 1. The Bertz CT molecular complexity index is 503. The topological polar surface area (TPSA) is 38.0 Å². The molecule has 0 amide bonds. The summed E-state index contributed by atoms with van der Waals surface area (Å²) < 4.78 is 0. The molecule has 1 atom stereocenters. The summed E-state index contributed by atoms with van der Waals surface area (Å²) in [5, 5.41) is 5.70. The van der Waals surface area contributed by atoms with Gasteiger partial charge in [-0.05, 0) is 42.0 Å². The van der Waals surface area contributed by atoms with Crippen molar-refractivity contribution in [1.29, 1.82) is 0 Å². The van der Waals surface area contributed by atoms with Crippen LogP contribution >= 0.6 is 11.3 Å². The van der Waals surface area contributed by atoms with Crippen LogP contribution in [0.5, 0.6) is 0 Å². The second-order valence-electron chi connectivity index (χ2n) is 4.95. The molecular formula is C15H20N2S. The Balaban J connectivity index is 2.21. The highest BCUT2D eigenvalue weighted by Gasteiger charge is 2.16. The molecule has 1 heterocycles. The minimum absolute atomic E-state index is 0.340. The number of thiophene rings is 1. The van der Waals surface area contributed by atoms with Gasteiger partial charge in [0.25, 0.3) is 0 Å². The van der Waals surface area contributed by atoms with Gasteiger partial charge >= 0.3 is 0 Å². The van der Waals surface area contributed by atoms with Crippen LogP contribution in [0.25, 0.3) is 0 Å². The maximum atomic E-state index is 5.95. The molecule has 3 heteroatoms. The van der Waals surface area contributed by atoms with Crippen LogP contribution < -0.4 is 11.1 Å². The highest BCUT2D eigenvalue weighted by atomic mass is 32.1. The summed E-state index contributed by atoms with van der Waals surface area (Å²) in [7, 11) is 0. The molecule has 0 aliphatic carbocycles. The van der Waals surface area contributed by atoms with Gasteiger partial charge in [0.1, 0.15) is 0 Å². The van der Waals surface area contributed by atoms with E-state index in [4.69, 9.17) is 5.73 Å². The lowest BCUT2D eigenvalue weighted by Gasteiger charge is -2.23. The van der Waals surface area contributed by atoms with Crippen molar-refractivity contribution in [3.05, 3.63) is 46.2 Å². The molecule has 0 fully saturated rings. The van der Waals surface area contributed by atoms with Gasteiger partial charge < -0.3 is 11.1 Å². The fourth-order valence-electron chi connectivity index (χ4n) is 1.94. The van der Waals surface area contributed by atoms with E-state index in [2.05, 4.69) is 48.8 Å². The third-order valence-electron chi connectivity index (χ3n) is 3.12. The maximum Gasteiger partial charge on any atom is 0.0629 e. The van der Waals surface area contributed by atoms with E-state index in [-0.39, 0.29) is 0 Å². The Labute approximate surface area is 113 Å². The van der Waals surface area contributed by atoms with Crippen LogP contribution in [0.1, 0.15) is 30.3 Å². The van der Waals surface area contributed by atoms with Crippen molar-refractivity contribution in [1.82, 2.24) is 0 Å². The Morgan fingerprint density at radius 3 is 2.56 bits per heavy atom. The first-order valence-electron chi connectivity index (χ1n) is 6.24. The van der Waals surface area contributed by atoms with Gasteiger partial charge in [-0.3, -0.25) is 0 Å². The first kappa shape index (κ1) is 13.0. The fourth-order valence-corrected chi connectivity index (χ4v) is 2.89. The number of rotatable bonds is 4. The van der Waals surface area contributed by atoms with Gasteiger partial charge in [-0.1, -0.05) is 26.0 Å². The molecule has 2 aromatic rings. The Morgan fingerprint density at radius 1 is 1.22 bits per heavy atom. The molecule has 0 spiro atoms. The van der Waals surface area contributed by atoms with Crippen LogP contribution in [0.4, 0.5) is 11.4 Å². The zero-order valence-electron chi connectivity index (χ0n) is 11.1. The zero-order chi connectivity index (χ0) is 13.1. The van der Waals surface area contributed by atoms with Crippen LogP contribution in [-0.4, -0.2) is 0 Å². The number of benzene rings is 1. The molecule has 96 valence electrons. The maximum absolute atomic E-state index is 5.95. The summed E-state index contributed by atoms with van der Waals surface area (Å²) in [6.07, 6.45) is 0. The zero-order valence-corrected chi connectivity index (χ0v) is 11.9. The molecule has 0 aliphatic rings. The smallest absolute Gasteiger partial charge is 0.0629 e. The van der Waals surface area contributed by atoms with Gasteiger partial charge in [0.15, 0.2) is 0 Å². The van der Waals surface area contributed by atoms with E-state index in [1.807, 2.05) is 13.0 Å². The van der Waals surface area contributed by atoms with Crippen molar-refractivity contribution in [3.8, 4) is 0 Å². The second-order valence-corrected chi connectivity index (χ2v) is 5.93. The van der Waals surface area contributed by atoms with Crippen molar-refractivity contribution in [2.75, 3.05) is 11.1 Å². The summed E-state index contributed by atoms with van der Waals surface area (Å²) in [4.78, 5) is 1.36. The first-order chi connectivity index (χ1) is 8.58. The van der Waals surface area contributed by atoms with E-state index in [1.54, 1.807) is 11.3 Å². The molecule has 0 saturated heterocycles. The van der Waals surface area contributed by atoms with E-state index in [9.17, 15) is 0 Å². The van der Waals surface area contributed by atoms with Gasteiger partial charge in [0, 0.05) is 16.3 Å². The summed E-state index contributed by atoms with van der Waals surface area (Å²) in [5.74, 6) is 0.533. The van der Waals surface area contributed by atoms with Crippen molar-refractivity contribution in [2.24, 2.45) is 5.92 Å². The predicted octanol–water partition coefficient (Wildman–Crippen LogP) is 4.45. The van der Waals surface area contributed by atoms with Crippen molar-refractivity contribution in [2.45, 2.75) is 26.8 Å². The lowest BCUT2D eigenvalue weighted by atomic mass is 10.0. The number of aryl methyl sites for hydroxylation is 1. The number of anilines is 2. The Kier molecular flexibility index (Phi) is 3.92. The van der Waals surface area contributed by atoms with E-state index in [0.717, 1.165) is 16.9 Å². The van der Waals surface area contributed by atoms with E-state index in [0.29, 0.717) is 12.0 Å². The Morgan fingerprint density at radius 2 is 2.00 bits per heavy atom. The van der Waals surface area contributed by atoms with Crippen LogP contribution in [-0.2, 0) is 0 Å². The summed E-state index contributed by atoms with van der Waals surface area (Å²) in [6, 6.07) is 10.8. The highest BCUT2D eigenvalue weighted by molar-refractivity contribution is 7.10. The van der Waals surface area contributed by atoms with E-state index < -0.39 is 0 Å². The van der Waals surface area contributed by atoms with Crippen LogP contribution in [0.2, 0.25) is 0 Å².